The van der Waals surface area contributed by atoms with Gasteiger partial charge in [0.25, 0.3) is 5.91 Å². The number of rotatable bonds is 3. The van der Waals surface area contributed by atoms with E-state index in [1.165, 1.54) is 5.56 Å². The predicted octanol–water partition coefficient (Wildman–Crippen LogP) is 3.72. The summed E-state index contributed by atoms with van der Waals surface area (Å²) in [4.78, 5) is 21.5. The Morgan fingerprint density at radius 2 is 1.63 bits per heavy atom. The van der Waals surface area contributed by atoms with Crippen molar-refractivity contribution < 1.29 is 4.79 Å². The Kier molecular flexibility index (Phi) is 4.75. The number of hydrogen-bond donors (Lipinski definition) is 1. The highest BCUT2D eigenvalue weighted by Gasteiger charge is 2.25. The Labute approximate surface area is 159 Å². The molecule has 5 nitrogen and oxygen atoms in total. The van der Waals surface area contributed by atoms with Gasteiger partial charge >= 0.3 is 0 Å². The molecule has 0 saturated carbocycles. The first-order valence-corrected chi connectivity index (χ1v) is 9.12. The van der Waals surface area contributed by atoms with Gasteiger partial charge in [0, 0.05) is 43.3 Å². The van der Waals surface area contributed by atoms with E-state index in [0.29, 0.717) is 17.8 Å². The zero-order valence-corrected chi connectivity index (χ0v) is 15.1. The van der Waals surface area contributed by atoms with Crippen LogP contribution in [0.5, 0.6) is 0 Å². The smallest absolute Gasteiger partial charge is 0.258 e. The second-order valence-electron chi connectivity index (χ2n) is 6.70. The molecule has 0 radical (unpaired) electrons. The molecule has 1 aliphatic rings. The largest absolute Gasteiger partial charge is 0.399 e. The molecular weight excluding hydrogens is 336 g/mol. The summed E-state index contributed by atoms with van der Waals surface area (Å²) in [7, 11) is 0. The lowest BCUT2D eigenvalue weighted by Gasteiger charge is -2.27. The van der Waals surface area contributed by atoms with Crippen LogP contribution in [0, 0.1) is 0 Å². The maximum absolute atomic E-state index is 13.1. The SMILES string of the molecule is Nc1ccc(C(=O)N2CCCN(Cc3ccncc3)c3ccccc32)cc1. The first kappa shape index (κ1) is 17.1. The fraction of sp³-hybridized carbons (Fsp3) is 0.182. The molecule has 0 fully saturated rings. The van der Waals surface area contributed by atoms with Crippen LogP contribution in [0.25, 0.3) is 0 Å². The summed E-state index contributed by atoms with van der Waals surface area (Å²) in [5.74, 6) is 0.00760. The number of aromatic nitrogens is 1. The second kappa shape index (κ2) is 7.50. The number of nitrogen functional groups attached to an aromatic ring is 1. The van der Waals surface area contributed by atoms with Crippen LogP contribution in [0.15, 0.2) is 73.1 Å². The summed E-state index contributed by atoms with van der Waals surface area (Å²) in [5, 5.41) is 0. The molecule has 136 valence electrons. The summed E-state index contributed by atoms with van der Waals surface area (Å²) < 4.78 is 0. The lowest BCUT2D eigenvalue weighted by molar-refractivity contribution is 0.0987. The van der Waals surface area contributed by atoms with E-state index < -0.39 is 0 Å². The second-order valence-corrected chi connectivity index (χ2v) is 6.70. The van der Waals surface area contributed by atoms with Crippen molar-refractivity contribution in [2.45, 2.75) is 13.0 Å². The van der Waals surface area contributed by atoms with Gasteiger partial charge in [-0.15, -0.1) is 0 Å². The number of carbonyl (C=O) groups is 1. The molecule has 1 aliphatic heterocycles. The van der Waals surface area contributed by atoms with Crippen molar-refractivity contribution in [1.29, 1.82) is 0 Å². The highest BCUT2D eigenvalue weighted by atomic mass is 16.2. The zero-order valence-electron chi connectivity index (χ0n) is 15.1. The van der Waals surface area contributed by atoms with Gasteiger partial charge in [-0.2, -0.15) is 0 Å². The number of fused-ring (bicyclic) bond motifs is 1. The van der Waals surface area contributed by atoms with E-state index in [-0.39, 0.29) is 5.91 Å². The number of benzene rings is 2. The number of nitrogens with two attached hydrogens (primary N) is 1. The number of para-hydroxylation sites is 2. The molecule has 0 saturated heterocycles. The maximum Gasteiger partial charge on any atom is 0.258 e. The van der Waals surface area contributed by atoms with Crippen LogP contribution in [-0.2, 0) is 6.54 Å². The standard InChI is InChI=1S/C22H22N4O/c23-19-8-6-18(7-9-19)22(27)26-15-3-14-25(16-17-10-12-24-13-11-17)20-4-1-2-5-21(20)26/h1-2,4-13H,3,14-16,23H2. The number of nitrogens with zero attached hydrogens (tertiary/aromatic N) is 3. The number of pyridine rings is 1. The van der Waals surface area contributed by atoms with Crippen molar-refractivity contribution in [1.82, 2.24) is 4.98 Å². The van der Waals surface area contributed by atoms with Gasteiger partial charge in [0.15, 0.2) is 0 Å². The molecule has 2 aromatic carbocycles. The van der Waals surface area contributed by atoms with Crippen molar-refractivity contribution in [2.75, 3.05) is 28.6 Å². The van der Waals surface area contributed by atoms with Gasteiger partial charge in [-0.05, 0) is 60.5 Å². The van der Waals surface area contributed by atoms with E-state index >= 15 is 0 Å². The lowest BCUT2D eigenvalue weighted by Crippen LogP contribution is -2.31. The Bertz CT molecular complexity index is 925. The van der Waals surface area contributed by atoms with Crippen LogP contribution in [0.2, 0.25) is 0 Å². The molecule has 27 heavy (non-hydrogen) atoms. The minimum Gasteiger partial charge on any atom is -0.399 e. The normalized spacial score (nSPS) is 13.8. The fourth-order valence-corrected chi connectivity index (χ4v) is 3.49. The van der Waals surface area contributed by atoms with Gasteiger partial charge < -0.3 is 15.5 Å². The zero-order chi connectivity index (χ0) is 18.6. The first-order chi connectivity index (χ1) is 13.2. The average Bonchev–Trinajstić information content (AvgIpc) is 2.89. The molecule has 2 heterocycles. The number of amides is 1. The van der Waals surface area contributed by atoms with Crippen LogP contribution in [-0.4, -0.2) is 24.0 Å². The average molecular weight is 358 g/mol. The summed E-state index contributed by atoms with van der Waals surface area (Å²) in [6.45, 7) is 2.38. The van der Waals surface area contributed by atoms with Gasteiger partial charge in [0.05, 0.1) is 11.4 Å². The number of hydrogen-bond acceptors (Lipinski definition) is 4. The van der Waals surface area contributed by atoms with Crippen LogP contribution in [0.4, 0.5) is 17.1 Å². The van der Waals surface area contributed by atoms with Crippen LogP contribution >= 0.6 is 0 Å². The Hall–Kier alpha value is -3.34. The molecule has 0 bridgehead atoms. The minimum absolute atomic E-state index is 0.00760. The van der Waals surface area contributed by atoms with Crippen LogP contribution in [0.3, 0.4) is 0 Å². The molecule has 1 aromatic heterocycles. The van der Waals surface area contributed by atoms with E-state index in [9.17, 15) is 4.79 Å². The number of anilines is 3. The third kappa shape index (κ3) is 3.62. The topological polar surface area (TPSA) is 62.5 Å². The molecule has 5 heteroatoms. The monoisotopic (exact) mass is 358 g/mol. The summed E-state index contributed by atoms with van der Waals surface area (Å²) in [6.07, 6.45) is 4.53. The molecule has 3 aromatic rings. The first-order valence-electron chi connectivity index (χ1n) is 9.12. The minimum atomic E-state index is 0.00760. The van der Waals surface area contributed by atoms with E-state index in [1.54, 1.807) is 24.3 Å². The lowest BCUT2D eigenvalue weighted by atomic mass is 10.1. The van der Waals surface area contributed by atoms with Gasteiger partial charge in [-0.25, -0.2) is 0 Å². The summed E-state index contributed by atoms with van der Waals surface area (Å²) >= 11 is 0. The molecule has 0 unspecified atom stereocenters. The fourth-order valence-electron chi connectivity index (χ4n) is 3.49. The summed E-state index contributed by atoms with van der Waals surface area (Å²) in [6, 6.07) is 19.3. The molecule has 0 atom stereocenters. The van der Waals surface area contributed by atoms with Gasteiger partial charge in [-0.1, -0.05) is 12.1 Å². The predicted molar refractivity (Wildman–Crippen MR) is 109 cm³/mol. The third-order valence-corrected chi connectivity index (χ3v) is 4.85. The van der Waals surface area contributed by atoms with E-state index in [0.717, 1.165) is 30.9 Å². The quantitative estimate of drug-likeness (QED) is 0.725. The van der Waals surface area contributed by atoms with Crippen molar-refractivity contribution in [3.63, 3.8) is 0 Å². The van der Waals surface area contributed by atoms with Gasteiger partial charge in [0.2, 0.25) is 0 Å². The van der Waals surface area contributed by atoms with E-state index in [4.69, 9.17) is 5.73 Å². The Balaban J connectivity index is 1.67. The maximum atomic E-state index is 13.1. The number of carbonyl (C=O) groups excluding carboxylic acids is 1. The highest BCUT2D eigenvalue weighted by Crippen LogP contribution is 2.34. The molecule has 1 amide bonds. The Morgan fingerprint density at radius 1 is 0.926 bits per heavy atom. The van der Waals surface area contributed by atoms with Crippen molar-refractivity contribution in [2.24, 2.45) is 0 Å². The van der Waals surface area contributed by atoms with E-state index in [2.05, 4.69) is 16.0 Å². The third-order valence-electron chi connectivity index (χ3n) is 4.85. The van der Waals surface area contributed by atoms with Crippen molar-refractivity contribution in [3.05, 3.63) is 84.2 Å². The van der Waals surface area contributed by atoms with Gasteiger partial charge in [0.1, 0.15) is 0 Å². The summed E-state index contributed by atoms with van der Waals surface area (Å²) in [5.41, 5.74) is 10.3. The molecule has 0 aliphatic carbocycles. The van der Waals surface area contributed by atoms with Crippen molar-refractivity contribution in [3.8, 4) is 0 Å². The molecule has 2 N–H and O–H groups in total. The highest BCUT2D eigenvalue weighted by molar-refractivity contribution is 6.08. The van der Waals surface area contributed by atoms with Crippen LogP contribution < -0.4 is 15.5 Å². The van der Waals surface area contributed by atoms with Crippen molar-refractivity contribution >= 4 is 23.0 Å². The Morgan fingerprint density at radius 3 is 2.37 bits per heavy atom. The molecule has 0 spiro atoms. The molecule has 4 rings (SSSR count). The van der Waals surface area contributed by atoms with E-state index in [1.807, 2.05) is 47.6 Å². The van der Waals surface area contributed by atoms with Crippen LogP contribution in [0.1, 0.15) is 22.3 Å². The molecular formula is C22H22N4O. The van der Waals surface area contributed by atoms with Gasteiger partial charge in [-0.3, -0.25) is 9.78 Å².